The number of hydrogen-bond donors (Lipinski definition) is 2. The largest absolute Gasteiger partial charge is 0.452 e. The summed E-state index contributed by atoms with van der Waals surface area (Å²) >= 11 is 0. The Bertz CT molecular complexity index is 1090. The Morgan fingerprint density at radius 3 is 2.22 bits per heavy atom. The average molecular weight is 431 g/mol. The second-order valence-corrected chi connectivity index (χ2v) is 7.37. The minimum Gasteiger partial charge on any atom is -0.452 e. The Morgan fingerprint density at radius 2 is 1.53 bits per heavy atom. The van der Waals surface area contributed by atoms with Gasteiger partial charge in [-0.15, -0.1) is 0 Å². The number of carbonyl (C=O) groups excluding carboxylic acids is 3. The van der Waals surface area contributed by atoms with Gasteiger partial charge in [-0.1, -0.05) is 55.5 Å². The maximum atomic E-state index is 12.3. The molecule has 0 unspecified atom stereocenters. The molecule has 164 valence electrons. The van der Waals surface area contributed by atoms with Crippen molar-refractivity contribution in [2.45, 2.75) is 26.7 Å². The SMILES string of the molecule is CCc1cccc(C)c1NC(=O)COC(=O)c1ccc(NC(=O)Cc2ccccc2)cc1. The molecule has 6 nitrogen and oxygen atoms in total. The lowest BCUT2D eigenvalue weighted by atomic mass is 10.1. The summed E-state index contributed by atoms with van der Waals surface area (Å²) in [5.74, 6) is -1.15. The standard InChI is InChI=1S/C26H26N2O4/c1-3-20-11-7-8-18(2)25(20)28-24(30)17-32-26(31)21-12-14-22(15-13-21)27-23(29)16-19-9-5-4-6-10-19/h4-15H,3,16-17H2,1-2H3,(H,27,29)(H,28,30). The maximum absolute atomic E-state index is 12.3. The first-order valence-electron chi connectivity index (χ1n) is 10.5. The van der Waals surface area contributed by atoms with E-state index < -0.39 is 11.9 Å². The van der Waals surface area contributed by atoms with Crippen molar-refractivity contribution in [3.63, 3.8) is 0 Å². The van der Waals surface area contributed by atoms with Gasteiger partial charge in [0.2, 0.25) is 5.91 Å². The van der Waals surface area contributed by atoms with Crippen molar-refractivity contribution in [2.75, 3.05) is 17.2 Å². The van der Waals surface area contributed by atoms with Crippen LogP contribution in [0.15, 0.2) is 72.8 Å². The Labute approximate surface area is 187 Å². The molecule has 0 aliphatic rings. The number of benzene rings is 3. The molecule has 3 aromatic rings. The van der Waals surface area contributed by atoms with Gasteiger partial charge in [-0.3, -0.25) is 9.59 Å². The van der Waals surface area contributed by atoms with Crippen molar-refractivity contribution in [3.05, 3.63) is 95.1 Å². The first kappa shape index (κ1) is 22.7. The van der Waals surface area contributed by atoms with Crippen LogP contribution >= 0.6 is 0 Å². The number of para-hydroxylation sites is 1. The van der Waals surface area contributed by atoms with Gasteiger partial charge < -0.3 is 15.4 Å². The molecule has 0 saturated carbocycles. The molecule has 0 saturated heterocycles. The highest BCUT2D eigenvalue weighted by molar-refractivity contribution is 5.97. The summed E-state index contributed by atoms with van der Waals surface area (Å²) in [7, 11) is 0. The Morgan fingerprint density at radius 1 is 0.812 bits per heavy atom. The van der Waals surface area contributed by atoms with Gasteiger partial charge in [-0.05, 0) is 54.3 Å². The molecule has 0 aromatic heterocycles. The molecular formula is C26H26N2O4. The number of nitrogens with one attached hydrogen (secondary N) is 2. The Balaban J connectivity index is 1.50. The Kier molecular flexibility index (Phi) is 7.75. The average Bonchev–Trinajstić information content (AvgIpc) is 2.80. The van der Waals surface area contributed by atoms with Crippen LogP contribution in [0.4, 0.5) is 11.4 Å². The van der Waals surface area contributed by atoms with Gasteiger partial charge in [0.25, 0.3) is 5.91 Å². The number of esters is 1. The van der Waals surface area contributed by atoms with Crippen LogP contribution in [-0.4, -0.2) is 24.4 Å². The number of aryl methyl sites for hydroxylation is 2. The molecule has 0 aliphatic carbocycles. The third-order valence-electron chi connectivity index (χ3n) is 4.95. The molecule has 6 heteroatoms. The van der Waals surface area contributed by atoms with Gasteiger partial charge in [0.05, 0.1) is 12.0 Å². The lowest BCUT2D eigenvalue weighted by molar-refractivity contribution is -0.119. The van der Waals surface area contributed by atoms with E-state index in [0.29, 0.717) is 11.3 Å². The molecule has 0 bridgehead atoms. The van der Waals surface area contributed by atoms with Crippen LogP contribution in [0.5, 0.6) is 0 Å². The van der Waals surface area contributed by atoms with Gasteiger partial charge in [-0.2, -0.15) is 0 Å². The van der Waals surface area contributed by atoms with E-state index in [1.807, 2.05) is 62.4 Å². The minimum absolute atomic E-state index is 0.147. The second kappa shape index (κ2) is 10.9. The van der Waals surface area contributed by atoms with Crippen LogP contribution in [0.2, 0.25) is 0 Å². The van der Waals surface area contributed by atoms with E-state index in [4.69, 9.17) is 4.74 Å². The predicted octanol–water partition coefficient (Wildman–Crippen LogP) is 4.53. The van der Waals surface area contributed by atoms with E-state index in [-0.39, 0.29) is 18.9 Å². The third kappa shape index (κ3) is 6.28. The molecule has 0 atom stereocenters. The number of anilines is 2. The van der Waals surface area contributed by atoms with E-state index in [2.05, 4.69) is 10.6 Å². The summed E-state index contributed by atoms with van der Waals surface area (Å²) in [5.41, 5.74) is 4.52. The molecule has 0 heterocycles. The number of carbonyl (C=O) groups is 3. The van der Waals surface area contributed by atoms with Crippen LogP contribution in [0.1, 0.15) is 34.0 Å². The van der Waals surface area contributed by atoms with Crippen LogP contribution < -0.4 is 10.6 Å². The zero-order valence-electron chi connectivity index (χ0n) is 18.2. The Hall–Kier alpha value is -3.93. The zero-order chi connectivity index (χ0) is 22.9. The first-order valence-corrected chi connectivity index (χ1v) is 10.5. The van der Waals surface area contributed by atoms with Crippen molar-refractivity contribution >= 4 is 29.2 Å². The van der Waals surface area contributed by atoms with Crippen LogP contribution in [0, 0.1) is 6.92 Å². The van der Waals surface area contributed by atoms with E-state index in [1.54, 1.807) is 24.3 Å². The summed E-state index contributed by atoms with van der Waals surface area (Å²) in [5, 5.41) is 5.62. The van der Waals surface area contributed by atoms with Crippen LogP contribution in [0.25, 0.3) is 0 Å². The van der Waals surface area contributed by atoms with E-state index in [0.717, 1.165) is 28.8 Å². The van der Waals surface area contributed by atoms with Crippen molar-refractivity contribution < 1.29 is 19.1 Å². The number of hydrogen-bond acceptors (Lipinski definition) is 4. The molecule has 3 aromatic carbocycles. The molecule has 3 rings (SSSR count). The fourth-order valence-corrected chi connectivity index (χ4v) is 3.27. The van der Waals surface area contributed by atoms with E-state index in [9.17, 15) is 14.4 Å². The molecule has 0 aliphatic heterocycles. The van der Waals surface area contributed by atoms with Gasteiger partial charge in [-0.25, -0.2) is 4.79 Å². The normalized spacial score (nSPS) is 10.3. The predicted molar refractivity (Wildman–Crippen MR) is 125 cm³/mol. The van der Waals surface area contributed by atoms with Gasteiger partial charge in [0.15, 0.2) is 6.61 Å². The zero-order valence-corrected chi connectivity index (χ0v) is 18.2. The fraction of sp³-hybridized carbons (Fsp3) is 0.192. The summed E-state index contributed by atoms with van der Waals surface area (Å²) in [6, 6.07) is 21.6. The monoisotopic (exact) mass is 430 g/mol. The second-order valence-electron chi connectivity index (χ2n) is 7.37. The lowest BCUT2D eigenvalue weighted by Crippen LogP contribution is -2.22. The van der Waals surface area contributed by atoms with Crippen molar-refractivity contribution in [2.24, 2.45) is 0 Å². The quantitative estimate of drug-likeness (QED) is 0.514. The first-order chi connectivity index (χ1) is 15.5. The van der Waals surface area contributed by atoms with Crippen LogP contribution in [0.3, 0.4) is 0 Å². The van der Waals surface area contributed by atoms with Crippen molar-refractivity contribution in [3.8, 4) is 0 Å². The van der Waals surface area contributed by atoms with Gasteiger partial charge in [0.1, 0.15) is 0 Å². The lowest BCUT2D eigenvalue weighted by Gasteiger charge is -2.13. The third-order valence-corrected chi connectivity index (χ3v) is 4.95. The molecular weight excluding hydrogens is 404 g/mol. The maximum Gasteiger partial charge on any atom is 0.338 e. The summed E-state index contributed by atoms with van der Waals surface area (Å²) < 4.78 is 5.14. The van der Waals surface area contributed by atoms with Gasteiger partial charge >= 0.3 is 5.97 Å². The number of amides is 2. The molecule has 2 N–H and O–H groups in total. The number of ether oxygens (including phenoxy) is 1. The smallest absolute Gasteiger partial charge is 0.338 e. The highest BCUT2D eigenvalue weighted by Gasteiger charge is 2.13. The van der Waals surface area contributed by atoms with E-state index >= 15 is 0 Å². The minimum atomic E-state index is -0.609. The fourth-order valence-electron chi connectivity index (χ4n) is 3.27. The molecule has 0 radical (unpaired) electrons. The topological polar surface area (TPSA) is 84.5 Å². The van der Waals surface area contributed by atoms with Crippen LogP contribution in [-0.2, 0) is 27.2 Å². The highest BCUT2D eigenvalue weighted by atomic mass is 16.5. The highest BCUT2D eigenvalue weighted by Crippen LogP contribution is 2.21. The molecule has 2 amide bonds. The summed E-state index contributed by atoms with van der Waals surface area (Å²) in [6.07, 6.45) is 1.05. The number of rotatable bonds is 8. The van der Waals surface area contributed by atoms with Crippen molar-refractivity contribution in [1.29, 1.82) is 0 Å². The van der Waals surface area contributed by atoms with Crippen molar-refractivity contribution in [1.82, 2.24) is 0 Å². The van der Waals surface area contributed by atoms with E-state index in [1.165, 1.54) is 0 Å². The molecule has 32 heavy (non-hydrogen) atoms. The summed E-state index contributed by atoms with van der Waals surface area (Å²) in [6.45, 7) is 3.55. The summed E-state index contributed by atoms with van der Waals surface area (Å²) in [4.78, 5) is 36.7. The molecule has 0 fully saturated rings. The van der Waals surface area contributed by atoms with Gasteiger partial charge in [0, 0.05) is 11.4 Å². The molecule has 0 spiro atoms.